The van der Waals surface area contributed by atoms with Crippen LogP contribution in [0.25, 0.3) is 10.1 Å². The molecule has 41 heavy (non-hydrogen) atoms. The molecular formula is C24H17ClFN5O6S4. The van der Waals surface area contributed by atoms with E-state index in [2.05, 4.69) is 20.3 Å². The van der Waals surface area contributed by atoms with Gasteiger partial charge in [0.25, 0.3) is 18.7 Å². The number of aliphatic carboxylic acids is 1. The lowest BCUT2D eigenvalue weighted by atomic mass is 10.0. The molecule has 0 radical (unpaired) electrons. The largest absolute Gasteiger partial charge is 0.477 e. The second-order valence-electron chi connectivity index (χ2n) is 8.28. The Hall–Kier alpha value is -3.44. The average molecular weight is 654 g/mol. The molecule has 5 rings (SSSR count). The van der Waals surface area contributed by atoms with E-state index < -0.39 is 36.1 Å². The predicted molar refractivity (Wildman–Crippen MR) is 158 cm³/mol. The Morgan fingerprint density at radius 2 is 2.17 bits per heavy atom. The van der Waals surface area contributed by atoms with Crippen LogP contribution in [0.2, 0.25) is 5.02 Å². The number of nitrogen functional groups attached to an aromatic ring is 1. The van der Waals surface area contributed by atoms with Gasteiger partial charge >= 0.3 is 5.97 Å². The molecule has 4 heterocycles. The van der Waals surface area contributed by atoms with Crippen LogP contribution in [-0.4, -0.2) is 62.5 Å². The van der Waals surface area contributed by atoms with E-state index in [4.69, 9.17) is 17.3 Å². The zero-order valence-electron chi connectivity index (χ0n) is 20.4. The highest BCUT2D eigenvalue weighted by molar-refractivity contribution is 8.04. The Balaban J connectivity index is 1.32. The summed E-state index contributed by atoms with van der Waals surface area (Å²) < 4.78 is 13.9. The van der Waals surface area contributed by atoms with Crippen molar-refractivity contribution in [1.29, 1.82) is 0 Å². The van der Waals surface area contributed by atoms with Crippen LogP contribution in [0.1, 0.15) is 5.69 Å². The number of rotatable bonds is 9. The Morgan fingerprint density at radius 3 is 2.88 bits per heavy atom. The molecule has 3 aromatic rings. The summed E-state index contributed by atoms with van der Waals surface area (Å²) in [7, 11) is 0. The molecule has 1 saturated heterocycles. The van der Waals surface area contributed by atoms with Crippen LogP contribution in [-0.2, 0) is 19.2 Å². The highest BCUT2D eigenvalue weighted by atomic mass is 35.5. The third-order valence-electron chi connectivity index (χ3n) is 5.79. The fourth-order valence-electron chi connectivity index (χ4n) is 4.02. The van der Waals surface area contributed by atoms with Crippen molar-refractivity contribution in [2.45, 2.75) is 15.6 Å². The number of allylic oxidation sites excluding steroid dienone is 1. The molecule has 212 valence electrons. The number of benzene rings is 1. The molecule has 2 aliphatic heterocycles. The van der Waals surface area contributed by atoms with Gasteiger partial charge in [-0.1, -0.05) is 28.5 Å². The summed E-state index contributed by atoms with van der Waals surface area (Å²) in [5.41, 5.74) is 5.29. The molecule has 1 unspecified atom stereocenters. The van der Waals surface area contributed by atoms with E-state index in [-0.39, 0.29) is 33.4 Å². The van der Waals surface area contributed by atoms with E-state index in [1.807, 2.05) is 0 Å². The Morgan fingerprint density at radius 1 is 1.37 bits per heavy atom. The van der Waals surface area contributed by atoms with Gasteiger partial charge in [-0.25, -0.2) is 14.2 Å². The van der Waals surface area contributed by atoms with Crippen molar-refractivity contribution >= 4 is 96.5 Å². The highest BCUT2D eigenvalue weighted by Crippen LogP contribution is 2.41. The first kappa shape index (κ1) is 29.1. The number of oxime groups is 1. The van der Waals surface area contributed by atoms with Gasteiger partial charge in [-0.05, 0) is 35.3 Å². The van der Waals surface area contributed by atoms with E-state index in [9.17, 15) is 28.7 Å². The minimum Gasteiger partial charge on any atom is -0.477 e. The molecule has 0 bridgehead atoms. The van der Waals surface area contributed by atoms with Crippen molar-refractivity contribution in [3.05, 3.63) is 73.3 Å². The van der Waals surface area contributed by atoms with Gasteiger partial charge in [0.2, 0.25) is 0 Å². The maximum absolute atomic E-state index is 13.0. The number of thiazole rings is 1. The van der Waals surface area contributed by atoms with Crippen LogP contribution in [0, 0.1) is 0 Å². The summed E-state index contributed by atoms with van der Waals surface area (Å²) in [5, 5.41) is 19.5. The van der Waals surface area contributed by atoms with Crippen LogP contribution in [0.5, 0.6) is 0 Å². The number of carboxylic acids is 1. The first-order valence-electron chi connectivity index (χ1n) is 11.4. The van der Waals surface area contributed by atoms with Gasteiger partial charge < -0.3 is 21.0 Å². The SMILES string of the molecule is Nc1nc(/C(=N/OCF)C(=O)NC2C(=O)N3C(C(=O)O)=C(/C=C/Sc4cc(=O)c5ccc(Cl)cc5s4)CS[C@H]23)cs1. The normalized spacial score (nSPS) is 18.9. The fraction of sp³-hybridized carbons (Fsp3) is 0.167. The topological polar surface area (TPSA) is 164 Å². The van der Waals surface area contributed by atoms with Crippen LogP contribution >= 0.6 is 57.8 Å². The van der Waals surface area contributed by atoms with Crippen molar-refractivity contribution in [3.63, 3.8) is 0 Å². The molecule has 0 saturated carbocycles. The smallest absolute Gasteiger partial charge is 0.352 e. The summed E-state index contributed by atoms with van der Waals surface area (Å²) in [6, 6.07) is 5.46. The molecule has 2 atom stereocenters. The van der Waals surface area contributed by atoms with Crippen LogP contribution in [0.15, 0.2) is 66.6 Å². The van der Waals surface area contributed by atoms with Crippen molar-refractivity contribution in [2.75, 3.05) is 18.3 Å². The van der Waals surface area contributed by atoms with E-state index in [0.29, 0.717) is 20.2 Å². The second-order valence-corrected chi connectivity index (χ2v) is 13.0. The van der Waals surface area contributed by atoms with Crippen LogP contribution in [0.4, 0.5) is 9.52 Å². The number of β-lactam (4-membered cyclic amide) rings is 1. The lowest BCUT2D eigenvalue weighted by Gasteiger charge is -2.49. The minimum atomic E-state index is -1.31. The van der Waals surface area contributed by atoms with E-state index in [0.717, 1.165) is 20.9 Å². The number of halogens is 2. The maximum Gasteiger partial charge on any atom is 0.352 e. The zero-order chi connectivity index (χ0) is 29.3. The summed E-state index contributed by atoms with van der Waals surface area (Å²) in [6.45, 7) is -1.29. The van der Waals surface area contributed by atoms with E-state index in [1.54, 1.807) is 29.7 Å². The first-order chi connectivity index (χ1) is 19.7. The van der Waals surface area contributed by atoms with Crippen molar-refractivity contribution in [2.24, 2.45) is 5.16 Å². The van der Waals surface area contributed by atoms with E-state index >= 15 is 0 Å². The van der Waals surface area contributed by atoms with Crippen molar-refractivity contribution in [3.8, 4) is 0 Å². The van der Waals surface area contributed by atoms with Crippen LogP contribution in [0.3, 0.4) is 0 Å². The lowest BCUT2D eigenvalue weighted by Crippen LogP contribution is -2.71. The van der Waals surface area contributed by atoms with Gasteiger partial charge in [-0.15, -0.1) is 34.4 Å². The number of fused-ring (bicyclic) bond motifs is 2. The number of hydrogen-bond donors (Lipinski definition) is 3. The molecule has 0 aliphatic carbocycles. The molecule has 2 amide bonds. The molecule has 4 N–H and O–H groups in total. The summed E-state index contributed by atoms with van der Waals surface area (Å²) in [4.78, 5) is 59.9. The number of nitrogens with two attached hydrogens (primary N) is 1. The van der Waals surface area contributed by atoms with Crippen molar-refractivity contribution in [1.82, 2.24) is 15.2 Å². The van der Waals surface area contributed by atoms with Gasteiger partial charge in [-0.3, -0.25) is 19.3 Å². The molecule has 2 aromatic heterocycles. The van der Waals surface area contributed by atoms with Gasteiger partial charge in [0.1, 0.15) is 22.8 Å². The van der Waals surface area contributed by atoms with Gasteiger partial charge in [0.05, 0.1) is 4.21 Å². The maximum atomic E-state index is 13.0. The average Bonchev–Trinajstić information content (AvgIpc) is 3.36. The molecule has 11 nitrogen and oxygen atoms in total. The van der Waals surface area contributed by atoms with Crippen molar-refractivity contribution < 1.29 is 28.7 Å². The van der Waals surface area contributed by atoms with Gasteiger partial charge in [0.15, 0.2) is 16.3 Å². The second kappa shape index (κ2) is 12.2. The Kier molecular flexibility index (Phi) is 8.65. The number of thioether (sulfide) groups is 2. The fourth-order valence-corrected chi connectivity index (χ4v) is 8.14. The molecule has 0 spiro atoms. The molecule has 1 aromatic carbocycles. The standard InChI is InChI=1S/C24H17ClFN5O6S4/c25-11-1-2-12-14(32)6-16(41-15(12)5-11)38-4-3-10-7-39-22-18(21(34)31(22)19(10)23(35)36)29-20(33)17(30-37-9-26)13-8-40-24(27)28-13/h1-6,8,18,22H,7,9H2,(H2,27,28)(H,29,33)(H,35,36)/b4-3+,30-17-/t18?,22-/m1/s1. The predicted octanol–water partition coefficient (Wildman–Crippen LogP) is 3.65. The number of hydrogen-bond acceptors (Lipinski definition) is 12. The number of carboxylic acid groups (broad SMARTS) is 1. The van der Waals surface area contributed by atoms with E-state index in [1.165, 1.54) is 46.3 Å². The quantitative estimate of drug-likeness (QED) is 0.134. The Bertz CT molecular complexity index is 1720. The zero-order valence-corrected chi connectivity index (χ0v) is 24.4. The number of anilines is 1. The highest BCUT2D eigenvalue weighted by Gasteiger charge is 2.54. The van der Waals surface area contributed by atoms with Gasteiger partial charge in [0, 0.05) is 32.3 Å². The van der Waals surface area contributed by atoms with Crippen LogP contribution < -0.4 is 16.5 Å². The molecule has 2 aliphatic rings. The third kappa shape index (κ3) is 5.97. The number of nitrogens with zero attached hydrogens (tertiary/aromatic N) is 3. The monoisotopic (exact) mass is 653 g/mol. The number of carbonyl (C=O) groups excluding carboxylic acids is 2. The number of amides is 2. The minimum absolute atomic E-state index is 0.0361. The summed E-state index contributed by atoms with van der Waals surface area (Å²) in [5.74, 6) is -2.57. The molecule has 1 fully saturated rings. The Labute approximate surface area is 251 Å². The number of carbonyl (C=O) groups is 3. The number of alkyl halides is 1. The third-order valence-corrected chi connectivity index (χ3v) is 10.0. The molecule has 17 heteroatoms. The molecular weight excluding hydrogens is 637 g/mol. The summed E-state index contributed by atoms with van der Waals surface area (Å²) >= 11 is 10.9. The summed E-state index contributed by atoms with van der Waals surface area (Å²) in [6.07, 6.45) is 1.58. The number of nitrogens with one attached hydrogen (secondary N) is 1. The van der Waals surface area contributed by atoms with Gasteiger partial charge in [-0.2, -0.15) is 0 Å². The lowest BCUT2D eigenvalue weighted by molar-refractivity contribution is -0.150. The number of aromatic nitrogens is 1. The first-order valence-corrected chi connectivity index (χ1v) is 15.4.